The molecule has 0 fully saturated rings. The van der Waals surface area contributed by atoms with Crippen LogP contribution in [0.5, 0.6) is 0 Å². The van der Waals surface area contributed by atoms with E-state index in [1.165, 1.54) is 0 Å². The van der Waals surface area contributed by atoms with Crippen molar-refractivity contribution >= 4 is 5.88 Å². The lowest BCUT2D eigenvalue weighted by atomic mass is 10.4. The lowest BCUT2D eigenvalue weighted by Gasteiger charge is -2.03. The molecule has 1 aromatic rings. The largest absolute Gasteiger partial charge is 0.347 e. The molecular weight excluding hydrogens is 142 g/mol. The number of rotatable bonds is 3. The van der Waals surface area contributed by atoms with Crippen LogP contribution >= 0.6 is 0 Å². The summed E-state index contributed by atoms with van der Waals surface area (Å²) in [4.78, 5) is 1.88. The quantitative estimate of drug-likeness (QED) is 0.688. The van der Waals surface area contributed by atoms with Crippen LogP contribution in [0.4, 0.5) is 5.88 Å². The molecule has 0 saturated heterocycles. The van der Waals surface area contributed by atoms with Gasteiger partial charge in [-0.15, -0.1) is 0 Å². The summed E-state index contributed by atoms with van der Waals surface area (Å²) >= 11 is 0. The van der Waals surface area contributed by atoms with Crippen molar-refractivity contribution in [3.05, 3.63) is 11.8 Å². The molecule has 0 aliphatic heterocycles. The molecule has 4 nitrogen and oxygen atoms in total. The van der Waals surface area contributed by atoms with Gasteiger partial charge in [-0.2, -0.15) is 0 Å². The van der Waals surface area contributed by atoms with E-state index in [9.17, 15) is 0 Å². The molecule has 0 saturated carbocycles. The van der Waals surface area contributed by atoms with Crippen LogP contribution in [0.1, 0.15) is 5.69 Å². The van der Waals surface area contributed by atoms with E-state index in [2.05, 4.69) is 10.5 Å². The molecule has 0 bridgehead atoms. The van der Waals surface area contributed by atoms with E-state index in [0.717, 1.165) is 18.1 Å². The van der Waals surface area contributed by atoms with Crippen molar-refractivity contribution in [2.24, 2.45) is 0 Å². The fourth-order valence-corrected chi connectivity index (χ4v) is 0.776. The third-order valence-corrected chi connectivity index (χ3v) is 1.35. The van der Waals surface area contributed by atoms with Crippen LogP contribution in [0.15, 0.2) is 10.6 Å². The van der Waals surface area contributed by atoms with Gasteiger partial charge in [-0.3, -0.25) is 0 Å². The number of nitrogens with zero attached hydrogens (tertiary/aromatic N) is 2. The maximum Gasteiger partial charge on any atom is 0.227 e. The third kappa shape index (κ3) is 1.94. The van der Waals surface area contributed by atoms with Crippen molar-refractivity contribution in [1.82, 2.24) is 10.5 Å². The Kier molecular flexibility index (Phi) is 2.48. The topological polar surface area (TPSA) is 41.3 Å². The second kappa shape index (κ2) is 3.39. The van der Waals surface area contributed by atoms with E-state index >= 15 is 0 Å². The summed E-state index contributed by atoms with van der Waals surface area (Å²) in [5.41, 5.74) is 0.927. The standard InChI is InChI=1S/C7H13N3O/c1-8-5-6-4-7(10(2)3)11-9-6/h4,8H,5H2,1-3H3. The van der Waals surface area contributed by atoms with Crippen LogP contribution in [0.3, 0.4) is 0 Å². The van der Waals surface area contributed by atoms with Crippen LogP contribution in [0.25, 0.3) is 0 Å². The fourth-order valence-electron chi connectivity index (χ4n) is 0.776. The molecule has 1 aromatic heterocycles. The van der Waals surface area contributed by atoms with E-state index in [0.29, 0.717) is 0 Å². The predicted molar refractivity (Wildman–Crippen MR) is 43.6 cm³/mol. The number of anilines is 1. The Bertz CT molecular complexity index is 219. The summed E-state index contributed by atoms with van der Waals surface area (Å²) in [5.74, 6) is 0.787. The van der Waals surface area contributed by atoms with Gasteiger partial charge >= 0.3 is 0 Å². The lowest BCUT2D eigenvalue weighted by Crippen LogP contribution is -2.07. The molecule has 0 spiro atoms. The Morgan fingerprint density at radius 2 is 2.36 bits per heavy atom. The highest BCUT2D eigenvalue weighted by molar-refractivity contribution is 5.33. The fraction of sp³-hybridized carbons (Fsp3) is 0.571. The van der Waals surface area contributed by atoms with Gasteiger partial charge in [0.05, 0.1) is 5.69 Å². The van der Waals surface area contributed by atoms with Gasteiger partial charge in [-0.25, -0.2) is 0 Å². The minimum Gasteiger partial charge on any atom is -0.347 e. The monoisotopic (exact) mass is 155 g/mol. The maximum absolute atomic E-state index is 5.01. The second-order valence-electron chi connectivity index (χ2n) is 2.58. The molecule has 0 unspecified atom stereocenters. The summed E-state index contributed by atoms with van der Waals surface area (Å²) < 4.78 is 5.01. The Hall–Kier alpha value is -1.03. The number of nitrogens with one attached hydrogen (secondary N) is 1. The first-order chi connectivity index (χ1) is 5.24. The van der Waals surface area contributed by atoms with Gasteiger partial charge in [0.25, 0.3) is 0 Å². The maximum atomic E-state index is 5.01. The van der Waals surface area contributed by atoms with Gasteiger partial charge in [0.2, 0.25) is 5.88 Å². The first-order valence-corrected chi connectivity index (χ1v) is 3.51. The van der Waals surface area contributed by atoms with Crippen molar-refractivity contribution in [3.8, 4) is 0 Å². The Morgan fingerprint density at radius 3 is 2.82 bits per heavy atom. The first-order valence-electron chi connectivity index (χ1n) is 3.51. The molecule has 1 rings (SSSR count). The third-order valence-electron chi connectivity index (χ3n) is 1.35. The SMILES string of the molecule is CNCc1cc(N(C)C)on1. The highest BCUT2D eigenvalue weighted by Gasteiger charge is 2.03. The van der Waals surface area contributed by atoms with E-state index in [4.69, 9.17) is 4.52 Å². The van der Waals surface area contributed by atoms with Crippen molar-refractivity contribution in [2.75, 3.05) is 26.0 Å². The lowest BCUT2D eigenvalue weighted by molar-refractivity contribution is 0.414. The molecule has 62 valence electrons. The molecule has 0 atom stereocenters. The molecule has 0 aliphatic carbocycles. The summed E-state index contributed by atoms with van der Waals surface area (Å²) in [6.07, 6.45) is 0. The first kappa shape index (κ1) is 8.07. The summed E-state index contributed by atoms with van der Waals surface area (Å²) in [6, 6.07) is 1.91. The molecule has 0 amide bonds. The van der Waals surface area contributed by atoms with Crippen molar-refractivity contribution in [1.29, 1.82) is 0 Å². The van der Waals surface area contributed by atoms with E-state index in [1.54, 1.807) is 0 Å². The average Bonchev–Trinajstić information content (AvgIpc) is 2.37. The van der Waals surface area contributed by atoms with Crippen molar-refractivity contribution in [2.45, 2.75) is 6.54 Å². The van der Waals surface area contributed by atoms with E-state index in [1.807, 2.05) is 32.1 Å². The Labute approximate surface area is 66.2 Å². The summed E-state index contributed by atoms with van der Waals surface area (Å²) in [7, 11) is 5.72. The van der Waals surface area contributed by atoms with Crippen molar-refractivity contribution < 1.29 is 4.52 Å². The summed E-state index contributed by atoms with van der Waals surface area (Å²) in [5, 5.41) is 6.84. The number of hydrogen-bond donors (Lipinski definition) is 1. The minimum atomic E-state index is 0.747. The van der Waals surface area contributed by atoms with Gasteiger partial charge in [-0.05, 0) is 7.05 Å². The van der Waals surface area contributed by atoms with Gasteiger partial charge in [0.1, 0.15) is 0 Å². The molecule has 1 heterocycles. The van der Waals surface area contributed by atoms with Crippen LogP contribution in [-0.2, 0) is 6.54 Å². The minimum absolute atomic E-state index is 0.747. The van der Waals surface area contributed by atoms with E-state index < -0.39 is 0 Å². The predicted octanol–water partition coefficient (Wildman–Crippen LogP) is 0.460. The molecule has 0 aliphatic rings. The van der Waals surface area contributed by atoms with Crippen LogP contribution < -0.4 is 10.2 Å². The normalized spacial score (nSPS) is 10.1. The van der Waals surface area contributed by atoms with Crippen molar-refractivity contribution in [3.63, 3.8) is 0 Å². The van der Waals surface area contributed by atoms with Gasteiger partial charge in [-0.1, -0.05) is 5.16 Å². The Morgan fingerprint density at radius 1 is 1.64 bits per heavy atom. The van der Waals surface area contributed by atoms with Gasteiger partial charge in [0, 0.05) is 26.7 Å². The second-order valence-corrected chi connectivity index (χ2v) is 2.58. The molecule has 4 heteroatoms. The zero-order chi connectivity index (χ0) is 8.27. The highest BCUT2D eigenvalue weighted by Crippen LogP contribution is 2.11. The average molecular weight is 155 g/mol. The van der Waals surface area contributed by atoms with Gasteiger partial charge in [0.15, 0.2) is 0 Å². The molecule has 0 aromatic carbocycles. The zero-order valence-corrected chi connectivity index (χ0v) is 7.09. The van der Waals surface area contributed by atoms with E-state index in [-0.39, 0.29) is 0 Å². The van der Waals surface area contributed by atoms with Crippen LogP contribution in [0, 0.1) is 0 Å². The number of aromatic nitrogens is 1. The number of hydrogen-bond acceptors (Lipinski definition) is 4. The molecule has 11 heavy (non-hydrogen) atoms. The van der Waals surface area contributed by atoms with Crippen LogP contribution in [-0.4, -0.2) is 26.3 Å². The zero-order valence-electron chi connectivity index (χ0n) is 7.09. The molecule has 0 radical (unpaired) electrons. The highest BCUT2D eigenvalue weighted by atomic mass is 16.5. The van der Waals surface area contributed by atoms with Gasteiger partial charge < -0.3 is 14.7 Å². The Balaban J connectivity index is 2.66. The molecule has 1 N–H and O–H groups in total. The van der Waals surface area contributed by atoms with Crippen LogP contribution in [0.2, 0.25) is 0 Å². The molecular formula is C7H13N3O. The smallest absolute Gasteiger partial charge is 0.227 e. The summed E-state index contributed by atoms with van der Waals surface area (Å²) in [6.45, 7) is 0.747.